The quantitative estimate of drug-likeness (QED) is 0.906. The molecule has 2 heterocycles. The third-order valence-electron chi connectivity index (χ3n) is 3.60. The Kier molecular flexibility index (Phi) is 2.89. The number of rotatable bonds is 2. The van der Waals surface area contributed by atoms with Crippen molar-refractivity contribution < 1.29 is 14.6 Å². The summed E-state index contributed by atoms with van der Waals surface area (Å²) in [6.45, 7) is 0.594. The van der Waals surface area contributed by atoms with Crippen molar-refractivity contribution in [3.8, 4) is 28.5 Å². The van der Waals surface area contributed by atoms with E-state index in [0.717, 1.165) is 17.5 Å². The summed E-state index contributed by atoms with van der Waals surface area (Å²) in [6.07, 6.45) is 0.743. The zero-order chi connectivity index (χ0) is 14.3. The van der Waals surface area contributed by atoms with Crippen molar-refractivity contribution >= 4 is 0 Å². The van der Waals surface area contributed by atoms with Crippen molar-refractivity contribution in [2.45, 2.75) is 13.0 Å². The standard InChI is InChI=1S/C15H15NO4/c1-19-13-5-9-3-4-16-12(6-10(17)7-15(16)18)11(9)8-14(13)20-2/h5-8,17H,3-4H2,1-2H3. The van der Waals surface area contributed by atoms with Gasteiger partial charge in [-0.3, -0.25) is 4.79 Å². The first-order valence-electron chi connectivity index (χ1n) is 6.33. The number of aryl methyl sites for hydroxylation is 1. The molecule has 0 aliphatic carbocycles. The Morgan fingerprint density at radius 1 is 1.10 bits per heavy atom. The molecule has 0 bridgehead atoms. The molecule has 5 nitrogen and oxygen atoms in total. The van der Waals surface area contributed by atoms with Crippen molar-refractivity contribution in [3.63, 3.8) is 0 Å². The van der Waals surface area contributed by atoms with Crippen molar-refractivity contribution in [3.05, 3.63) is 40.2 Å². The summed E-state index contributed by atoms with van der Waals surface area (Å²) in [5.41, 5.74) is 2.48. The molecule has 0 atom stereocenters. The predicted molar refractivity (Wildman–Crippen MR) is 74.6 cm³/mol. The van der Waals surface area contributed by atoms with Crippen LogP contribution < -0.4 is 15.0 Å². The second-order valence-electron chi connectivity index (χ2n) is 4.70. The number of aromatic hydroxyl groups is 1. The Morgan fingerprint density at radius 2 is 1.80 bits per heavy atom. The number of ether oxygens (including phenoxy) is 2. The lowest BCUT2D eigenvalue weighted by Gasteiger charge is -2.23. The summed E-state index contributed by atoms with van der Waals surface area (Å²) >= 11 is 0. The molecule has 1 aliphatic rings. The summed E-state index contributed by atoms with van der Waals surface area (Å²) in [7, 11) is 3.17. The van der Waals surface area contributed by atoms with Gasteiger partial charge in [-0.1, -0.05) is 0 Å². The van der Waals surface area contributed by atoms with Crippen LogP contribution in [0, 0.1) is 0 Å². The van der Waals surface area contributed by atoms with Crippen LogP contribution in [0.3, 0.4) is 0 Å². The van der Waals surface area contributed by atoms with Crippen LogP contribution in [-0.2, 0) is 13.0 Å². The molecule has 5 heteroatoms. The maximum absolute atomic E-state index is 11.9. The van der Waals surface area contributed by atoms with Gasteiger partial charge in [0, 0.05) is 24.2 Å². The first-order chi connectivity index (χ1) is 9.63. The number of nitrogens with zero attached hydrogens (tertiary/aromatic N) is 1. The number of hydrogen-bond acceptors (Lipinski definition) is 4. The van der Waals surface area contributed by atoms with Crippen molar-refractivity contribution in [1.82, 2.24) is 4.57 Å². The SMILES string of the molecule is COc1cc2c(cc1OC)-c1cc(O)cc(=O)n1CC2. The van der Waals surface area contributed by atoms with E-state index in [1.54, 1.807) is 24.9 Å². The van der Waals surface area contributed by atoms with E-state index >= 15 is 0 Å². The summed E-state index contributed by atoms with van der Waals surface area (Å²) in [5, 5.41) is 9.65. The second kappa shape index (κ2) is 4.59. The van der Waals surface area contributed by atoms with Crippen LogP contribution in [0.15, 0.2) is 29.1 Å². The van der Waals surface area contributed by atoms with Gasteiger partial charge in [-0.15, -0.1) is 0 Å². The molecule has 0 fully saturated rings. The molecule has 0 saturated heterocycles. The third kappa shape index (κ3) is 1.82. The molecule has 0 amide bonds. The van der Waals surface area contributed by atoms with E-state index in [1.807, 2.05) is 12.1 Å². The summed E-state index contributed by atoms with van der Waals surface area (Å²) < 4.78 is 12.3. The molecular weight excluding hydrogens is 258 g/mol. The van der Waals surface area contributed by atoms with Crippen LogP contribution in [-0.4, -0.2) is 23.9 Å². The highest BCUT2D eigenvalue weighted by atomic mass is 16.5. The Morgan fingerprint density at radius 3 is 2.50 bits per heavy atom. The lowest BCUT2D eigenvalue weighted by Crippen LogP contribution is -2.25. The molecule has 0 spiro atoms. The van der Waals surface area contributed by atoms with Gasteiger partial charge >= 0.3 is 0 Å². The van der Waals surface area contributed by atoms with Gasteiger partial charge in [0.2, 0.25) is 0 Å². The first kappa shape index (κ1) is 12.6. The topological polar surface area (TPSA) is 60.7 Å². The number of hydrogen-bond donors (Lipinski definition) is 1. The van der Waals surface area contributed by atoms with Crippen molar-refractivity contribution in [2.24, 2.45) is 0 Å². The molecule has 0 radical (unpaired) electrons. The number of fused-ring (bicyclic) bond motifs is 3. The Bertz CT molecular complexity index is 733. The lowest BCUT2D eigenvalue weighted by atomic mass is 9.96. The molecule has 2 aromatic rings. The Balaban J connectivity index is 2.28. The summed E-state index contributed by atoms with van der Waals surface area (Å²) in [6, 6.07) is 6.60. The van der Waals surface area contributed by atoms with Gasteiger partial charge in [0.15, 0.2) is 11.5 Å². The molecule has 0 saturated carbocycles. The van der Waals surface area contributed by atoms with Crippen LogP contribution in [0.1, 0.15) is 5.56 Å². The predicted octanol–water partition coefficient (Wildman–Crippen LogP) is 1.79. The second-order valence-corrected chi connectivity index (χ2v) is 4.70. The molecule has 0 unspecified atom stereocenters. The van der Waals surface area contributed by atoms with E-state index < -0.39 is 0 Å². The van der Waals surface area contributed by atoms with Gasteiger partial charge in [0.25, 0.3) is 5.56 Å². The molecule has 3 rings (SSSR count). The van der Waals surface area contributed by atoms with Crippen LogP contribution in [0.25, 0.3) is 11.3 Å². The maximum atomic E-state index is 11.9. The van der Waals surface area contributed by atoms with E-state index in [0.29, 0.717) is 23.7 Å². The van der Waals surface area contributed by atoms with Crippen LogP contribution >= 0.6 is 0 Å². The molecule has 20 heavy (non-hydrogen) atoms. The van der Waals surface area contributed by atoms with Crippen LogP contribution in [0.5, 0.6) is 17.2 Å². The molecule has 1 aromatic carbocycles. The fourth-order valence-corrected chi connectivity index (χ4v) is 2.64. The smallest absolute Gasteiger partial charge is 0.254 e. The van der Waals surface area contributed by atoms with Gasteiger partial charge < -0.3 is 19.1 Å². The van der Waals surface area contributed by atoms with Gasteiger partial charge in [-0.05, 0) is 24.1 Å². The summed E-state index contributed by atoms with van der Waals surface area (Å²) in [5.74, 6) is 1.25. The Labute approximate surface area is 116 Å². The Hall–Kier alpha value is -2.43. The van der Waals surface area contributed by atoms with E-state index in [4.69, 9.17) is 9.47 Å². The van der Waals surface area contributed by atoms with Crippen molar-refractivity contribution in [2.75, 3.05) is 14.2 Å². The number of methoxy groups -OCH3 is 2. The van der Waals surface area contributed by atoms with Gasteiger partial charge in [0.1, 0.15) is 5.75 Å². The minimum Gasteiger partial charge on any atom is -0.508 e. The van der Waals surface area contributed by atoms with Gasteiger partial charge in [0.05, 0.1) is 19.9 Å². The highest BCUT2D eigenvalue weighted by Crippen LogP contribution is 2.38. The first-order valence-corrected chi connectivity index (χ1v) is 6.33. The highest BCUT2D eigenvalue weighted by Gasteiger charge is 2.20. The van der Waals surface area contributed by atoms with Crippen LogP contribution in [0.4, 0.5) is 0 Å². The minimum atomic E-state index is -0.194. The van der Waals surface area contributed by atoms with Gasteiger partial charge in [-0.2, -0.15) is 0 Å². The minimum absolute atomic E-state index is 0.0242. The van der Waals surface area contributed by atoms with E-state index in [9.17, 15) is 9.90 Å². The molecule has 1 N–H and O–H groups in total. The molecule has 1 aromatic heterocycles. The zero-order valence-corrected chi connectivity index (χ0v) is 11.3. The lowest BCUT2D eigenvalue weighted by molar-refractivity contribution is 0.354. The van der Waals surface area contributed by atoms with Crippen molar-refractivity contribution in [1.29, 1.82) is 0 Å². The monoisotopic (exact) mass is 273 g/mol. The maximum Gasteiger partial charge on any atom is 0.254 e. The fourth-order valence-electron chi connectivity index (χ4n) is 2.64. The third-order valence-corrected chi connectivity index (χ3v) is 3.60. The number of pyridine rings is 1. The van der Waals surface area contributed by atoms with Gasteiger partial charge in [-0.25, -0.2) is 0 Å². The van der Waals surface area contributed by atoms with Crippen LogP contribution in [0.2, 0.25) is 0 Å². The molecule has 1 aliphatic heterocycles. The number of aromatic nitrogens is 1. The molecular formula is C15H15NO4. The number of benzene rings is 1. The summed E-state index contributed by atoms with van der Waals surface area (Å²) in [4.78, 5) is 11.9. The van der Waals surface area contributed by atoms with E-state index in [1.165, 1.54) is 6.07 Å². The highest BCUT2D eigenvalue weighted by molar-refractivity contribution is 5.71. The largest absolute Gasteiger partial charge is 0.508 e. The van der Waals surface area contributed by atoms with E-state index in [-0.39, 0.29) is 11.3 Å². The van der Waals surface area contributed by atoms with E-state index in [2.05, 4.69) is 0 Å². The molecule has 104 valence electrons. The normalized spacial score (nSPS) is 12.5. The zero-order valence-electron chi connectivity index (χ0n) is 11.3. The fraction of sp³-hybridized carbons (Fsp3) is 0.267. The average molecular weight is 273 g/mol. The average Bonchev–Trinajstić information content (AvgIpc) is 2.45.